The summed E-state index contributed by atoms with van der Waals surface area (Å²) in [5, 5.41) is 33.7. The van der Waals surface area contributed by atoms with Crippen molar-refractivity contribution in [1.29, 1.82) is 0 Å². The zero-order chi connectivity index (χ0) is 46.9. The van der Waals surface area contributed by atoms with Gasteiger partial charge in [0, 0.05) is 45.1 Å². The van der Waals surface area contributed by atoms with Crippen molar-refractivity contribution in [3.8, 4) is 34.1 Å². The van der Waals surface area contributed by atoms with Crippen molar-refractivity contribution in [2.24, 2.45) is 11.8 Å². The third kappa shape index (κ3) is 6.64. The summed E-state index contributed by atoms with van der Waals surface area (Å²) in [6.07, 6.45) is 11.5. The van der Waals surface area contributed by atoms with Crippen LogP contribution >= 0.6 is 0 Å². The lowest BCUT2D eigenvalue weighted by atomic mass is 9.55. The molecule has 0 bridgehead atoms. The lowest BCUT2D eigenvalue weighted by Gasteiger charge is -2.48. The molecule has 5 heteroatoms. The molecule has 12 rings (SSSR count). The molecule has 0 aromatic heterocycles. The number of rotatable bonds is 7. The van der Waals surface area contributed by atoms with Crippen LogP contribution in [0.1, 0.15) is 69.8 Å². The molecule has 8 aromatic carbocycles. The Balaban J connectivity index is 1.10. The van der Waals surface area contributed by atoms with E-state index in [2.05, 4.69) is 166 Å². The van der Waals surface area contributed by atoms with Crippen molar-refractivity contribution in [1.82, 2.24) is 0 Å². The van der Waals surface area contributed by atoms with Gasteiger partial charge >= 0.3 is 5.97 Å². The van der Waals surface area contributed by atoms with Crippen molar-refractivity contribution >= 4 is 11.1 Å². The average Bonchev–Trinajstić information content (AvgIpc) is 3.39. The van der Waals surface area contributed by atoms with Gasteiger partial charge in [-0.1, -0.05) is 220 Å². The summed E-state index contributed by atoms with van der Waals surface area (Å²) < 4.78 is 13.6. The highest BCUT2D eigenvalue weighted by Crippen LogP contribution is 2.64. The Morgan fingerprint density at radius 1 is 0.493 bits per heavy atom. The van der Waals surface area contributed by atoms with E-state index in [1.165, 1.54) is 27.8 Å². The van der Waals surface area contributed by atoms with Gasteiger partial charge < -0.3 is 24.8 Å². The zero-order valence-electron chi connectivity index (χ0n) is 38.3. The minimum absolute atomic E-state index is 0.0857. The first-order chi connectivity index (χ1) is 33.7. The number of benzene rings is 8. The average molecular weight is 899 g/mol. The molecule has 0 amide bonds. The van der Waals surface area contributed by atoms with E-state index in [4.69, 9.17) is 9.47 Å². The maximum Gasteiger partial charge on any atom is 0.305 e. The van der Waals surface area contributed by atoms with Crippen LogP contribution in [0.15, 0.2) is 236 Å². The van der Waals surface area contributed by atoms with Crippen molar-refractivity contribution < 1.29 is 24.8 Å². The number of hydrogen-bond donors (Lipinski definition) is 3. The number of para-hydroxylation sites is 3. The fraction of sp³-hybridized carbons (Fsp3) is 0.125. The molecule has 4 aliphatic rings. The molecule has 4 unspecified atom stereocenters. The minimum Gasteiger partial charge on any atom is -0.457 e. The third-order valence-corrected chi connectivity index (χ3v) is 15.1. The van der Waals surface area contributed by atoms with Gasteiger partial charge in [0.25, 0.3) is 0 Å². The number of ether oxygens (including phenoxy) is 2. The van der Waals surface area contributed by atoms with Gasteiger partial charge in [0.05, 0.1) is 11.0 Å². The summed E-state index contributed by atoms with van der Waals surface area (Å²) in [5.41, 5.74) is 11.4. The molecule has 4 atom stereocenters. The van der Waals surface area contributed by atoms with Gasteiger partial charge in [0.15, 0.2) is 0 Å². The van der Waals surface area contributed by atoms with Gasteiger partial charge in [-0.25, -0.2) is 0 Å². The second kappa shape index (κ2) is 16.5. The fourth-order valence-corrected chi connectivity index (χ4v) is 12.0. The molecule has 8 aromatic rings. The van der Waals surface area contributed by atoms with E-state index in [0.29, 0.717) is 34.1 Å². The highest BCUT2D eigenvalue weighted by Gasteiger charge is 2.52. The first-order valence-electron chi connectivity index (χ1n) is 23.7. The molecule has 2 aliphatic carbocycles. The van der Waals surface area contributed by atoms with Crippen LogP contribution in [0.2, 0.25) is 0 Å². The molecular formula is C64H50O5. The largest absolute Gasteiger partial charge is 0.457 e. The summed E-state index contributed by atoms with van der Waals surface area (Å²) >= 11 is 0. The van der Waals surface area contributed by atoms with Gasteiger partial charge in [-0.05, 0) is 74.7 Å². The molecule has 2 heterocycles. The summed E-state index contributed by atoms with van der Waals surface area (Å²) in [7, 11) is 0. The summed E-state index contributed by atoms with van der Waals surface area (Å²) in [6, 6.07) is 68.4. The van der Waals surface area contributed by atoms with Gasteiger partial charge in [-0.3, -0.25) is 0 Å². The highest BCUT2D eigenvalue weighted by molar-refractivity contribution is 6.08. The van der Waals surface area contributed by atoms with Crippen molar-refractivity contribution in [2.45, 2.75) is 36.6 Å². The molecular weight excluding hydrogens is 849 g/mol. The van der Waals surface area contributed by atoms with E-state index in [9.17, 15) is 15.3 Å². The van der Waals surface area contributed by atoms with E-state index in [0.717, 1.165) is 33.4 Å². The first kappa shape index (κ1) is 42.5. The van der Waals surface area contributed by atoms with Crippen LogP contribution in [0.4, 0.5) is 0 Å². The van der Waals surface area contributed by atoms with Crippen molar-refractivity contribution in [3.05, 3.63) is 286 Å². The number of allylic oxidation sites excluding steroid dienone is 8. The van der Waals surface area contributed by atoms with E-state index >= 15 is 0 Å². The van der Waals surface area contributed by atoms with Crippen molar-refractivity contribution in [3.63, 3.8) is 0 Å². The first-order valence-corrected chi connectivity index (χ1v) is 23.7. The van der Waals surface area contributed by atoms with Gasteiger partial charge in [-0.15, -0.1) is 0 Å². The number of aliphatic hydroxyl groups is 3. The number of hydrogen-bond acceptors (Lipinski definition) is 5. The van der Waals surface area contributed by atoms with E-state index in [-0.39, 0.29) is 23.3 Å². The van der Waals surface area contributed by atoms with E-state index in [1.54, 1.807) is 6.07 Å². The van der Waals surface area contributed by atoms with Crippen LogP contribution in [0.5, 0.6) is 23.0 Å². The topological polar surface area (TPSA) is 79.2 Å². The van der Waals surface area contributed by atoms with E-state index in [1.807, 2.05) is 72.8 Å². The maximum absolute atomic E-state index is 11.2. The fourth-order valence-electron chi connectivity index (χ4n) is 12.0. The third-order valence-electron chi connectivity index (χ3n) is 15.1. The molecule has 0 saturated carbocycles. The Morgan fingerprint density at radius 2 is 1.01 bits per heavy atom. The van der Waals surface area contributed by atoms with Gasteiger partial charge in [0.2, 0.25) is 0 Å². The SMILES string of the molecule is CC1C=CC=CC1C1=C(c2ccccc2)C(c2ccccc2)=CC(c2ccc(-c3c(C(O)(O)O)ccc4c3Oc3ccccc3C43c4ccccc4Oc4ccccc43)cc2)C1(C)c1ccccc1. The van der Waals surface area contributed by atoms with E-state index < -0.39 is 16.8 Å². The monoisotopic (exact) mass is 898 g/mol. The quantitative estimate of drug-likeness (QED) is 0.139. The molecule has 0 fully saturated rings. The second-order valence-corrected chi connectivity index (χ2v) is 18.9. The molecule has 69 heavy (non-hydrogen) atoms. The molecule has 1 spiro atoms. The van der Waals surface area contributed by atoms with Crippen LogP contribution in [-0.4, -0.2) is 15.3 Å². The Morgan fingerprint density at radius 3 is 1.59 bits per heavy atom. The van der Waals surface area contributed by atoms with Crippen LogP contribution in [0.25, 0.3) is 22.3 Å². The van der Waals surface area contributed by atoms with Gasteiger partial charge in [-0.2, -0.15) is 0 Å². The molecule has 5 nitrogen and oxygen atoms in total. The Kier molecular flexibility index (Phi) is 10.2. The lowest BCUT2D eigenvalue weighted by Crippen LogP contribution is -2.39. The highest BCUT2D eigenvalue weighted by atomic mass is 16.7. The molecule has 336 valence electrons. The predicted molar refractivity (Wildman–Crippen MR) is 274 cm³/mol. The molecule has 0 saturated heterocycles. The second-order valence-electron chi connectivity index (χ2n) is 18.9. The normalized spacial score (nSPS) is 20.7. The molecule has 2 aliphatic heterocycles. The Bertz CT molecular complexity index is 3330. The summed E-state index contributed by atoms with van der Waals surface area (Å²) in [6.45, 7) is 4.73. The van der Waals surface area contributed by atoms with Crippen LogP contribution in [0, 0.1) is 11.8 Å². The Hall–Kier alpha value is -7.80. The van der Waals surface area contributed by atoms with Gasteiger partial charge in [0.1, 0.15) is 23.0 Å². The zero-order valence-corrected chi connectivity index (χ0v) is 38.3. The van der Waals surface area contributed by atoms with Crippen LogP contribution in [0.3, 0.4) is 0 Å². The number of fused-ring (bicyclic) bond motifs is 8. The van der Waals surface area contributed by atoms with Crippen LogP contribution in [-0.2, 0) is 16.8 Å². The summed E-state index contributed by atoms with van der Waals surface area (Å²) in [4.78, 5) is 0. The summed E-state index contributed by atoms with van der Waals surface area (Å²) in [5.74, 6) is -0.593. The molecule has 3 N–H and O–H groups in total. The standard InChI is InChI=1S/C64H50O5/c1-41-20-12-13-27-47(41)60-58(44-23-8-4-9-24-44)48(42-21-6-3-7-22-42)40-54(62(60,2)46-25-10-5-11-26-46)43-34-36-45(37-35-43)59-52(64(65,66)67)38-39-53-61(59)69-57-33-19-16-30-51(57)63(53)49-28-14-17-31-55(49)68-56-32-18-15-29-50(56)63/h3-41,47,54,65-67H,1-2H3. The lowest BCUT2D eigenvalue weighted by molar-refractivity contribution is -0.323. The molecule has 0 radical (unpaired) electrons. The predicted octanol–water partition coefficient (Wildman–Crippen LogP) is 14.0. The smallest absolute Gasteiger partial charge is 0.305 e. The maximum atomic E-state index is 11.2. The minimum atomic E-state index is -3.20. The van der Waals surface area contributed by atoms with Crippen LogP contribution < -0.4 is 9.47 Å². The Labute approximate surface area is 402 Å². The van der Waals surface area contributed by atoms with Crippen molar-refractivity contribution in [2.75, 3.05) is 0 Å².